The van der Waals surface area contributed by atoms with Gasteiger partial charge in [-0.05, 0) is 37.6 Å². The number of fused-ring (bicyclic) bond motifs is 2. The lowest BCUT2D eigenvalue weighted by Crippen LogP contribution is -2.34. The third kappa shape index (κ3) is 3.26. The summed E-state index contributed by atoms with van der Waals surface area (Å²) in [4.78, 5) is 12.0. The van der Waals surface area contributed by atoms with Crippen LogP contribution in [0.15, 0.2) is 56.6 Å². The third-order valence-corrected chi connectivity index (χ3v) is 6.05. The van der Waals surface area contributed by atoms with Gasteiger partial charge in [0, 0.05) is 25.1 Å². The van der Waals surface area contributed by atoms with Crippen LogP contribution < -0.4 is 15.2 Å². The van der Waals surface area contributed by atoms with Crippen molar-refractivity contribution >= 4 is 21.1 Å². The fourth-order valence-corrected chi connectivity index (χ4v) is 4.41. The van der Waals surface area contributed by atoms with Crippen LogP contribution in [-0.4, -0.2) is 25.6 Å². The Labute approximate surface area is 156 Å². The lowest BCUT2D eigenvalue weighted by atomic mass is 10.1. The lowest BCUT2D eigenvalue weighted by Gasteiger charge is -2.12. The Morgan fingerprint density at radius 3 is 2.74 bits per heavy atom. The van der Waals surface area contributed by atoms with Crippen molar-refractivity contribution in [3.05, 3.63) is 58.6 Å². The van der Waals surface area contributed by atoms with Gasteiger partial charge < -0.3 is 9.15 Å². The van der Waals surface area contributed by atoms with Crippen molar-refractivity contribution in [3.8, 4) is 5.75 Å². The van der Waals surface area contributed by atoms with Gasteiger partial charge in [0.1, 0.15) is 11.9 Å². The molecule has 3 aromatic rings. The van der Waals surface area contributed by atoms with Crippen LogP contribution in [0.25, 0.3) is 11.1 Å². The maximum Gasteiger partial charge on any atom is 0.420 e. The van der Waals surface area contributed by atoms with Crippen LogP contribution in [-0.2, 0) is 16.4 Å². The maximum absolute atomic E-state index is 12.6. The van der Waals surface area contributed by atoms with Crippen molar-refractivity contribution in [2.45, 2.75) is 37.3 Å². The second-order valence-corrected chi connectivity index (χ2v) is 8.63. The van der Waals surface area contributed by atoms with Gasteiger partial charge in [0.2, 0.25) is 10.0 Å². The highest BCUT2D eigenvalue weighted by Crippen LogP contribution is 2.28. The van der Waals surface area contributed by atoms with Gasteiger partial charge in [-0.1, -0.05) is 18.2 Å². The first-order valence-electron chi connectivity index (χ1n) is 8.74. The van der Waals surface area contributed by atoms with E-state index in [1.807, 2.05) is 38.1 Å². The zero-order valence-corrected chi connectivity index (χ0v) is 15.8. The van der Waals surface area contributed by atoms with E-state index in [9.17, 15) is 13.2 Å². The minimum Gasteiger partial charge on any atom is -0.488 e. The minimum absolute atomic E-state index is 0.0511. The summed E-state index contributed by atoms with van der Waals surface area (Å²) in [5.41, 5.74) is 1.89. The molecular weight excluding hydrogens is 368 g/mol. The first-order chi connectivity index (χ1) is 12.8. The fraction of sp³-hybridized carbons (Fsp3) is 0.316. The van der Waals surface area contributed by atoms with Gasteiger partial charge in [-0.15, -0.1) is 0 Å². The van der Waals surface area contributed by atoms with Crippen LogP contribution in [0.1, 0.15) is 25.5 Å². The van der Waals surface area contributed by atoms with Crippen LogP contribution in [0.5, 0.6) is 5.75 Å². The number of ether oxygens (including phenoxy) is 1. The molecule has 27 heavy (non-hydrogen) atoms. The summed E-state index contributed by atoms with van der Waals surface area (Å²) in [7, 11) is -3.75. The van der Waals surface area contributed by atoms with Gasteiger partial charge >= 0.3 is 5.76 Å². The van der Waals surface area contributed by atoms with Gasteiger partial charge in [0.05, 0.1) is 10.4 Å². The average molecular weight is 388 g/mol. The number of para-hydroxylation sites is 1. The molecule has 1 N–H and O–H groups in total. The molecule has 1 aliphatic heterocycles. The Morgan fingerprint density at radius 1 is 1.22 bits per heavy atom. The summed E-state index contributed by atoms with van der Waals surface area (Å²) >= 11 is 0. The molecule has 1 atom stereocenters. The van der Waals surface area contributed by atoms with E-state index in [2.05, 4.69) is 4.72 Å². The van der Waals surface area contributed by atoms with E-state index in [1.54, 1.807) is 6.07 Å². The lowest BCUT2D eigenvalue weighted by molar-refractivity contribution is 0.236. The molecule has 1 unspecified atom stereocenters. The van der Waals surface area contributed by atoms with Gasteiger partial charge in [0.25, 0.3) is 0 Å². The van der Waals surface area contributed by atoms with Gasteiger partial charge in [-0.2, -0.15) is 0 Å². The molecule has 0 bridgehead atoms. The Morgan fingerprint density at radius 2 is 2.00 bits per heavy atom. The normalized spacial score (nSPS) is 16.6. The quantitative estimate of drug-likeness (QED) is 0.725. The number of rotatable bonds is 5. The van der Waals surface area contributed by atoms with Crippen molar-refractivity contribution in [1.29, 1.82) is 0 Å². The monoisotopic (exact) mass is 388 g/mol. The maximum atomic E-state index is 12.6. The van der Waals surface area contributed by atoms with Crippen molar-refractivity contribution < 1.29 is 17.6 Å². The third-order valence-electron chi connectivity index (χ3n) is 4.63. The molecule has 1 aliphatic rings. The average Bonchev–Trinajstić information content (AvgIpc) is 3.18. The Balaban J connectivity index is 1.53. The van der Waals surface area contributed by atoms with Crippen LogP contribution in [0.3, 0.4) is 0 Å². The van der Waals surface area contributed by atoms with E-state index in [0.29, 0.717) is 11.9 Å². The number of hydrogen-bond acceptors (Lipinski definition) is 5. The van der Waals surface area contributed by atoms with E-state index in [-0.39, 0.29) is 29.2 Å². The largest absolute Gasteiger partial charge is 0.488 e. The second-order valence-electron chi connectivity index (χ2n) is 6.86. The van der Waals surface area contributed by atoms with Gasteiger partial charge in [-0.25, -0.2) is 17.9 Å². The zero-order chi connectivity index (χ0) is 19.2. The SMILES string of the molecule is CC(C)n1c(=O)oc2cc(S(=O)(=O)NCC3Cc4ccccc4O3)ccc21. The van der Waals surface area contributed by atoms with E-state index in [4.69, 9.17) is 9.15 Å². The summed E-state index contributed by atoms with van der Waals surface area (Å²) in [6, 6.07) is 12.0. The summed E-state index contributed by atoms with van der Waals surface area (Å²) in [6.07, 6.45) is 0.407. The van der Waals surface area contributed by atoms with Crippen molar-refractivity contribution in [1.82, 2.24) is 9.29 Å². The summed E-state index contributed by atoms with van der Waals surface area (Å²) in [5, 5.41) is 0. The minimum atomic E-state index is -3.75. The summed E-state index contributed by atoms with van der Waals surface area (Å²) in [5.74, 6) is 0.291. The highest BCUT2D eigenvalue weighted by atomic mass is 32.2. The molecule has 2 aromatic carbocycles. The summed E-state index contributed by atoms with van der Waals surface area (Å²) in [6.45, 7) is 3.89. The molecule has 0 aliphatic carbocycles. The number of oxazole rings is 1. The molecule has 2 heterocycles. The van der Waals surface area contributed by atoms with E-state index >= 15 is 0 Å². The molecule has 142 valence electrons. The van der Waals surface area contributed by atoms with Crippen molar-refractivity contribution in [2.24, 2.45) is 0 Å². The highest BCUT2D eigenvalue weighted by Gasteiger charge is 2.25. The molecule has 0 amide bonds. The molecule has 1 aromatic heterocycles. The van der Waals surface area contributed by atoms with Crippen LogP contribution >= 0.6 is 0 Å². The number of nitrogens with zero attached hydrogens (tertiary/aromatic N) is 1. The molecule has 0 saturated carbocycles. The molecule has 4 rings (SSSR count). The number of aromatic nitrogens is 1. The first-order valence-corrected chi connectivity index (χ1v) is 10.2. The van der Waals surface area contributed by atoms with Gasteiger partial charge in [0.15, 0.2) is 5.58 Å². The smallest absolute Gasteiger partial charge is 0.420 e. The van der Waals surface area contributed by atoms with Crippen molar-refractivity contribution in [2.75, 3.05) is 6.54 Å². The molecular formula is C19H20N2O5S. The topological polar surface area (TPSA) is 90.5 Å². The molecule has 0 radical (unpaired) electrons. The first kappa shape index (κ1) is 17.8. The number of hydrogen-bond donors (Lipinski definition) is 1. The second kappa shape index (κ2) is 6.54. The van der Waals surface area contributed by atoms with E-state index in [1.165, 1.54) is 16.7 Å². The Bertz CT molecular complexity index is 1140. The standard InChI is InChI=1S/C19H20N2O5S/c1-12(2)21-16-8-7-15(10-18(16)26-19(21)22)27(23,24)20-11-14-9-13-5-3-4-6-17(13)25-14/h3-8,10,12,14,20H,9,11H2,1-2H3. The Kier molecular flexibility index (Phi) is 4.32. The van der Waals surface area contributed by atoms with E-state index in [0.717, 1.165) is 11.3 Å². The molecule has 8 heteroatoms. The molecule has 0 spiro atoms. The number of nitrogens with one attached hydrogen (secondary N) is 1. The van der Waals surface area contributed by atoms with Crippen molar-refractivity contribution in [3.63, 3.8) is 0 Å². The number of benzene rings is 2. The van der Waals surface area contributed by atoms with Crippen LogP contribution in [0.4, 0.5) is 0 Å². The number of sulfonamides is 1. The molecule has 0 fully saturated rings. The van der Waals surface area contributed by atoms with Gasteiger partial charge in [-0.3, -0.25) is 4.57 Å². The Hall–Kier alpha value is -2.58. The summed E-state index contributed by atoms with van der Waals surface area (Å²) < 4.78 is 40.3. The highest BCUT2D eigenvalue weighted by molar-refractivity contribution is 7.89. The van der Waals surface area contributed by atoms with E-state index < -0.39 is 15.8 Å². The van der Waals surface area contributed by atoms with Crippen LogP contribution in [0, 0.1) is 0 Å². The zero-order valence-electron chi connectivity index (χ0n) is 15.0. The molecule has 7 nitrogen and oxygen atoms in total. The predicted molar refractivity (Wildman–Crippen MR) is 101 cm³/mol. The predicted octanol–water partition coefficient (Wildman–Crippen LogP) is 2.46. The van der Waals surface area contributed by atoms with Crippen LogP contribution in [0.2, 0.25) is 0 Å². The molecule has 0 saturated heterocycles. The fourth-order valence-electron chi connectivity index (χ4n) is 3.33.